The molecule has 0 amide bonds. The van der Waals surface area contributed by atoms with Crippen molar-refractivity contribution >= 4 is 5.97 Å². The van der Waals surface area contributed by atoms with Gasteiger partial charge in [-0.2, -0.15) is 0 Å². The third kappa shape index (κ3) is 3.44. The third-order valence-corrected chi connectivity index (χ3v) is 2.69. The van der Waals surface area contributed by atoms with Crippen LogP contribution >= 0.6 is 0 Å². The molecule has 1 heterocycles. The van der Waals surface area contributed by atoms with Crippen molar-refractivity contribution in [3.05, 3.63) is 48.4 Å². The van der Waals surface area contributed by atoms with Crippen molar-refractivity contribution in [3.8, 4) is 11.6 Å². The Hall–Kier alpha value is -2.63. The van der Waals surface area contributed by atoms with Crippen LogP contribution in [0.1, 0.15) is 5.56 Å². The monoisotopic (exact) mass is 274 g/mol. The SMILES string of the molecule is COc1ccccc1CC(Oc1ccncn1)C(=O)O. The van der Waals surface area contributed by atoms with Gasteiger partial charge in [-0.25, -0.2) is 14.8 Å². The van der Waals surface area contributed by atoms with Gasteiger partial charge in [0.05, 0.1) is 7.11 Å². The number of nitrogens with zero attached hydrogens (tertiary/aromatic N) is 2. The van der Waals surface area contributed by atoms with Gasteiger partial charge in [-0.1, -0.05) is 18.2 Å². The lowest BCUT2D eigenvalue weighted by atomic mass is 10.1. The number of carbonyl (C=O) groups is 1. The Labute approximate surface area is 116 Å². The summed E-state index contributed by atoms with van der Waals surface area (Å²) in [6, 6.07) is 8.74. The van der Waals surface area contributed by atoms with E-state index in [0.29, 0.717) is 5.75 Å². The Kier molecular flexibility index (Phi) is 4.49. The third-order valence-electron chi connectivity index (χ3n) is 2.69. The van der Waals surface area contributed by atoms with E-state index in [4.69, 9.17) is 9.47 Å². The quantitative estimate of drug-likeness (QED) is 0.860. The molecule has 0 aliphatic heterocycles. The molecule has 6 nitrogen and oxygen atoms in total. The molecule has 1 aromatic carbocycles. The number of para-hydroxylation sites is 1. The topological polar surface area (TPSA) is 81.5 Å². The van der Waals surface area contributed by atoms with Crippen molar-refractivity contribution in [1.29, 1.82) is 0 Å². The number of aromatic nitrogens is 2. The molecule has 2 aromatic rings. The first-order chi connectivity index (χ1) is 9.70. The fourth-order valence-corrected chi connectivity index (χ4v) is 1.74. The summed E-state index contributed by atoms with van der Waals surface area (Å²) in [5.74, 6) is -0.207. The molecule has 0 fully saturated rings. The summed E-state index contributed by atoms with van der Waals surface area (Å²) in [6.45, 7) is 0. The van der Waals surface area contributed by atoms with Crippen LogP contribution in [-0.2, 0) is 11.2 Å². The summed E-state index contributed by atoms with van der Waals surface area (Å²) in [5.41, 5.74) is 0.761. The molecule has 104 valence electrons. The van der Waals surface area contributed by atoms with Crippen molar-refractivity contribution in [2.24, 2.45) is 0 Å². The maximum atomic E-state index is 11.3. The smallest absolute Gasteiger partial charge is 0.345 e. The van der Waals surface area contributed by atoms with Crippen LogP contribution in [0.4, 0.5) is 0 Å². The zero-order valence-electron chi connectivity index (χ0n) is 10.9. The minimum atomic E-state index is -1.06. The van der Waals surface area contributed by atoms with E-state index in [2.05, 4.69) is 9.97 Å². The fraction of sp³-hybridized carbons (Fsp3) is 0.214. The van der Waals surface area contributed by atoms with Gasteiger partial charge in [-0.3, -0.25) is 0 Å². The van der Waals surface area contributed by atoms with E-state index >= 15 is 0 Å². The van der Waals surface area contributed by atoms with Crippen molar-refractivity contribution < 1.29 is 19.4 Å². The average Bonchev–Trinajstić information content (AvgIpc) is 2.48. The van der Waals surface area contributed by atoms with Gasteiger partial charge < -0.3 is 14.6 Å². The van der Waals surface area contributed by atoms with Crippen molar-refractivity contribution in [2.45, 2.75) is 12.5 Å². The first-order valence-corrected chi connectivity index (χ1v) is 5.98. The molecule has 0 saturated carbocycles. The van der Waals surface area contributed by atoms with Gasteiger partial charge in [0.25, 0.3) is 0 Å². The van der Waals surface area contributed by atoms with Crippen molar-refractivity contribution in [2.75, 3.05) is 7.11 Å². The molecule has 0 bridgehead atoms. The number of methoxy groups -OCH3 is 1. The summed E-state index contributed by atoms with van der Waals surface area (Å²) in [5, 5.41) is 9.25. The van der Waals surface area contributed by atoms with Crippen LogP contribution < -0.4 is 9.47 Å². The Balaban J connectivity index is 2.16. The second-order valence-electron chi connectivity index (χ2n) is 4.01. The lowest BCUT2D eigenvalue weighted by Gasteiger charge is -2.15. The molecular formula is C14H14N2O4. The number of hydrogen-bond donors (Lipinski definition) is 1. The molecular weight excluding hydrogens is 260 g/mol. The van der Waals surface area contributed by atoms with Crippen LogP contribution in [0.25, 0.3) is 0 Å². The lowest BCUT2D eigenvalue weighted by molar-refractivity contribution is -0.145. The molecule has 6 heteroatoms. The highest BCUT2D eigenvalue weighted by molar-refractivity contribution is 5.73. The normalized spacial score (nSPS) is 11.7. The fourth-order valence-electron chi connectivity index (χ4n) is 1.74. The molecule has 1 unspecified atom stereocenters. The highest BCUT2D eigenvalue weighted by Gasteiger charge is 2.22. The van der Waals surface area contributed by atoms with Gasteiger partial charge in [0.2, 0.25) is 12.0 Å². The van der Waals surface area contributed by atoms with Gasteiger partial charge in [0.1, 0.15) is 12.1 Å². The zero-order valence-corrected chi connectivity index (χ0v) is 10.9. The molecule has 0 radical (unpaired) electrons. The minimum Gasteiger partial charge on any atom is -0.496 e. The van der Waals surface area contributed by atoms with E-state index in [1.54, 1.807) is 19.2 Å². The number of benzene rings is 1. The summed E-state index contributed by atoms with van der Waals surface area (Å²) in [6.07, 6.45) is 1.94. The standard InChI is InChI=1S/C14H14N2O4/c1-19-11-5-3-2-4-10(11)8-12(14(17)18)20-13-6-7-15-9-16-13/h2-7,9,12H,8H2,1H3,(H,17,18). The molecule has 0 aliphatic carbocycles. The highest BCUT2D eigenvalue weighted by Crippen LogP contribution is 2.20. The molecule has 1 N–H and O–H groups in total. The molecule has 1 atom stereocenters. The Bertz CT molecular complexity index is 574. The van der Waals surface area contributed by atoms with Gasteiger partial charge in [0.15, 0.2) is 0 Å². The van der Waals surface area contributed by atoms with Crippen LogP contribution in [0.2, 0.25) is 0 Å². The van der Waals surface area contributed by atoms with E-state index in [9.17, 15) is 9.90 Å². The molecule has 20 heavy (non-hydrogen) atoms. The molecule has 0 aliphatic rings. The molecule has 0 spiro atoms. The van der Waals surface area contributed by atoms with Crippen LogP contribution in [0.3, 0.4) is 0 Å². The first kappa shape index (κ1) is 13.8. The van der Waals surface area contributed by atoms with E-state index in [-0.39, 0.29) is 12.3 Å². The highest BCUT2D eigenvalue weighted by atomic mass is 16.5. The van der Waals surface area contributed by atoms with E-state index in [1.165, 1.54) is 18.6 Å². The predicted molar refractivity (Wildman–Crippen MR) is 70.8 cm³/mol. The van der Waals surface area contributed by atoms with Crippen molar-refractivity contribution in [1.82, 2.24) is 9.97 Å². The molecule has 2 rings (SSSR count). The van der Waals surface area contributed by atoms with Gasteiger partial charge in [-0.15, -0.1) is 0 Å². The Morgan fingerprint density at radius 3 is 2.80 bits per heavy atom. The van der Waals surface area contributed by atoms with Crippen LogP contribution in [0.5, 0.6) is 11.6 Å². The van der Waals surface area contributed by atoms with Gasteiger partial charge >= 0.3 is 5.97 Å². The second-order valence-corrected chi connectivity index (χ2v) is 4.01. The summed E-state index contributed by atoms with van der Waals surface area (Å²) < 4.78 is 10.6. The molecule has 1 aromatic heterocycles. The van der Waals surface area contributed by atoms with E-state index in [1.807, 2.05) is 12.1 Å². The van der Waals surface area contributed by atoms with Crippen molar-refractivity contribution in [3.63, 3.8) is 0 Å². The lowest BCUT2D eigenvalue weighted by Crippen LogP contribution is -2.29. The summed E-state index contributed by atoms with van der Waals surface area (Å²) in [4.78, 5) is 18.9. The van der Waals surface area contributed by atoms with Gasteiger partial charge in [0, 0.05) is 18.7 Å². The predicted octanol–water partition coefficient (Wildman–Crippen LogP) is 1.56. The van der Waals surface area contributed by atoms with Crippen LogP contribution in [-0.4, -0.2) is 34.3 Å². The van der Waals surface area contributed by atoms with Crippen LogP contribution in [0, 0.1) is 0 Å². The van der Waals surface area contributed by atoms with Crippen LogP contribution in [0.15, 0.2) is 42.9 Å². The maximum Gasteiger partial charge on any atom is 0.345 e. The number of carboxylic acid groups (broad SMARTS) is 1. The minimum absolute atomic E-state index is 0.184. The largest absolute Gasteiger partial charge is 0.496 e. The summed E-state index contributed by atoms with van der Waals surface area (Å²) >= 11 is 0. The maximum absolute atomic E-state index is 11.3. The van der Waals surface area contributed by atoms with E-state index in [0.717, 1.165) is 5.56 Å². The number of ether oxygens (including phenoxy) is 2. The average molecular weight is 274 g/mol. The Morgan fingerprint density at radius 1 is 1.35 bits per heavy atom. The van der Waals surface area contributed by atoms with Gasteiger partial charge in [-0.05, 0) is 11.6 Å². The Morgan fingerprint density at radius 2 is 2.15 bits per heavy atom. The molecule has 0 saturated heterocycles. The number of carboxylic acids is 1. The number of hydrogen-bond acceptors (Lipinski definition) is 5. The van der Waals surface area contributed by atoms with E-state index < -0.39 is 12.1 Å². The zero-order chi connectivity index (χ0) is 14.4. The number of rotatable bonds is 6. The number of aliphatic carboxylic acids is 1. The second kappa shape index (κ2) is 6.51. The summed E-state index contributed by atoms with van der Waals surface area (Å²) in [7, 11) is 1.54. The first-order valence-electron chi connectivity index (χ1n) is 5.98.